The van der Waals surface area contributed by atoms with Crippen LogP contribution in [0.4, 0.5) is 5.69 Å². The first kappa shape index (κ1) is 33.3. The quantitative estimate of drug-likeness (QED) is 0.131. The monoisotopic (exact) mass is 618 g/mol. The zero-order valence-electron chi connectivity index (χ0n) is 25.9. The van der Waals surface area contributed by atoms with Crippen molar-refractivity contribution in [2.75, 3.05) is 18.4 Å². The maximum Gasteiger partial charge on any atom is 0.332 e. The molecule has 0 fully saturated rings. The Morgan fingerprint density at radius 2 is 1.62 bits per heavy atom. The number of aromatic nitrogens is 4. The van der Waals surface area contributed by atoms with E-state index in [1.165, 1.54) is 4.57 Å². The number of aryl methyl sites for hydroxylation is 2. The van der Waals surface area contributed by atoms with E-state index in [2.05, 4.69) is 10.6 Å². The highest BCUT2D eigenvalue weighted by molar-refractivity contribution is 5.92. The van der Waals surface area contributed by atoms with Crippen LogP contribution in [-0.4, -0.2) is 60.0 Å². The summed E-state index contributed by atoms with van der Waals surface area (Å²) in [6, 6.07) is 17.0. The molecule has 12 nitrogen and oxygen atoms in total. The van der Waals surface area contributed by atoms with Crippen molar-refractivity contribution in [3.8, 4) is 0 Å². The fourth-order valence-electron chi connectivity index (χ4n) is 5.16. The summed E-state index contributed by atoms with van der Waals surface area (Å²) in [7, 11) is 0. The van der Waals surface area contributed by atoms with Crippen LogP contribution in [0.1, 0.15) is 56.5 Å². The lowest BCUT2D eigenvalue weighted by Crippen LogP contribution is -2.41. The molecule has 1 atom stereocenters. The first-order chi connectivity index (χ1) is 21.7. The lowest BCUT2D eigenvalue weighted by molar-refractivity contribution is -0.138. The Morgan fingerprint density at radius 1 is 0.889 bits per heavy atom. The number of benzene rings is 2. The Bertz CT molecular complexity index is 1710. The molecule has 0 aliphatic rings. The molecule has 1 amide bonds. The van der Waals surface area contributed by atoms with Crippen LogP contribution in [0.15, 0.2) is 64.2 Å². The molecule has 4 aromatic rings. The molecule has 12 heteroatoms. The van der Waals surface area contributed by atoms with E-state index < -0.39 is 17.8 Å². The van der Waals surface area contributed by atoms with Gasteiger partial charge >= 0.3 is 11.7 Å². The molecule has 2 aromatic carbocycles. The Balaban J connectivity index is 1.66. The maximum absolute atomic E-state index is 13.8. The SMILES string of the molecule is CCCn1c(=O)c2c(nc(Cc3ccccc3)n2CCNCC(O)CC)n(CCc2ccc(NC(=O)CCC(=O)O)cc2)c1=O. The van der Waals surface area contributed by atoms with Gasteiger partial charge in [0.1, 0.15) is 5.82 Å². The minimum atomic E-state index is -1.03. The number of aliphatic carboxylic acids is 1. The molecule has 0 aliphatic heterocycles. The lowest BCUT2D eigenvalue weighted by Gasteiger charge is -2.14. The smallest absolute Gasteiger partial charge is 0.332 e. The standard InChI is InChI=1S/C33H42N6O6/c1-3-18-39-32(44)30-31(36-27(21-24-8-6-5-7-9-24)37(30)20-17-34-22-26(40)4-2)38(33(39)45)19-16-23-10-12-25(13-11-23)35-28(41)14-15-29(42)43/h5-13,26,34,40H,3-4,14-22H2,1-2H3,(H,35,41)(H,42,43). The summed E-state index contributed by atoms with van der Waals surface area (Å²) in [5, 5.41) is 24.7. The van der Waals surface area contributed by atoms with Crippen LogP contribution < -0.4 is 21.9 Å². The van der Waals surface area contributed by atoms with E-state index in [0.717, 1.165) is 11.1 Å². The molecule has 2 heterocycles. The van der Waals surface area contributed by atoms with E-state index in [1.807, 2.05) is 60.9 Å². The largest absolute Gasteiger partial charge is 0.481 e. The summed E-state index contributed by atoms with van der Waals surface area (Å²) in [6.45, 7) is 5.79. The van der Waals surface area contributed by atoms with Crippen molar-refractivity contribution < 1.29 is 19.8 Å². The second-order valence-corrected chi connectivity index (χ2v) is 11.1. The number of carbonyl (C=O) groups excluding carboxylic acids is 1. The average molecular weight is 619 g/mol. The average Bonchev–Trinajstić information content (AvgIpc) is 3.38. The van der Waals surface area contributed by atoms with Crippen molar-refractivity contribution in [3.05, 3.63) is 92.4 Å². The zero-order chi connectivity index (χ0) is 32.3. The van der Waals surface area contributed by atoms with E-state index in [0.29, 0.717) is 68.0 Å². The molecule has 0 bridgehead atoms. The van der Waals surface area contributed by atoms with Crippen molar-refractivity contribution >= 4 is 28.7 Å². The minimum Gasteiger partial charge on any atom is -0.481 e. The number of carboxylic acids is 1. The van der Waals surface area contributed by atoms with Crippen LogP contribution in [0, 0.1) is 0 Å². The highest BCUT2D eigenvalue weighted by atomic mass is 16.4. The van der Waals surface area contributed by atoms with Gasteiger partial charge in [-0.15, -0.1) is 0 Å². The Kier molecular flexibility index (Phi) is 11.8. The van der Waals surface area contributed by atoms with Crippen molar-refractivity contribution in [2.24, 2.45) is 0 Å². The third-order valence-corrected chi connectivity index (χ3v) is 7.64. The number of anilines is 1. The summed E-state index contributed by atoms with van der Waals surface area (Å²) >= 11 is 0. The summed E-state index contributed by atoms with van der Waals surface area (Å²) < 4.78 is 4.77. The molecule has 0 spiro atoms. The van der Waals surface area contributed by atoms with Gasteiger partial charge < -0.3 is 25.4 Å². The van der Waals surface area contributed by atoms with Crippen molar-refractivity contribution in [1.82, 2.24) is 24.0 Å². The second kappa shape index (κ2) is 16.0. The number of hydrogen-bond acceptors (Lipinski definition) is 7. The maximum atomic E-state index is 13.8. The number of hydrogen-bond donors (Lipinski definition) is 4. The van der Waals surface area contributed by atoms with Gasteiger partial charge in [0.2, 0.25) is 5.91 Å². The Morgan fingerprint density at radius 3 is 2.29 bits per heavy atom. The molecule has 0 aliphatic carbocycles. The van der Waals surface area contributed by atoms with Crippen molar-refractivity contribution in [2.45, 2.75) is 78.1 Å². The predicted molar refractivity (Wildman–Crippen MR) is 173 cm³/mol. The molecular formula is C33H42N6O6. The predicted octanol–water partition coefficient (Wildman–Crippen LogP) is 2.77. The Labute approximate surface area is 261 Å². The van der Waals surface area contributed by atoms with Gasteiger partial charge in [0.05, 0.1) is 12.5 Å². The first-order valence-corrected chi connectivity index (χ1v) is 15.5. The number of rotatable bonds is 17. The van der Waals surface area contributed by atoms with Gasteiger partial charge in [-0.2, -0.15) is 0 Å². The number of carboxylic acid groups (broad SMARTS) is 1. The van der Waals surface area contributed by atoms with E-state index in [4.69, 9.17) is 10.1 Å². The van der Waals surface area contributed by atoms with Gasteiger partial charge in [0, 0.05) is 51.3 Å². The van der Waals surface area contributed by atoms with Crippen LogP contribution >= 0.6 is 0 Å². The van der Waals surface area contributed by atoms with Gasteiger partial charge in [0.15, 0.2) is 11.2 Å². The summed E-state index contributed by atoms with van der Waals surface area (Å²) in [4.78, 5) is 55.1. The minimum absolute atomic E-state index is 0.112. The summed E-state index contributed by atoms with van der Waals surface area (Å²) in [6.07, 6.45) is 1.40. The number of nitrogens with one attached hydrogen (secondary N) is 2. The van der Waals surface area contributed by atoms with Crippen LogP contribution in [-0.2, 0) is 42.1 Å². The van der Waals surface area contributed by atoms with E-state index in [9.17, 15) is 24.3 Å². The van der Waals surface area contributed by atoms with Crippen LogP contribution in [0.25, 0.3) is 11.2 Å². The molecular weight excluding hydrogens is 576 g/mol. The number of aliphatic hydroxyl groups is 1. The van der Waals surface area contributed by atoms with Crippen molar-refractivity contribution in [3.63, 3.8) is 0 Å². The number of aliphatic hydroxyl groups excluding tert-OH is 1. The number of imidazole rings is 1. The van der Waals surface area contributed by atoms with E-state index in [-0.39, 0.29) is 37.4 Å². The number of nitrogens with zero attached hydrogens (tertiary/aromatic N) is 4. The Hall–Kier alpha value is -4.55. The van der Waals surface area contributed by atoms with E-state index in [1.54, 1.807) is 16.7 Å². The number of carbonyl (C=O) groups is 2. The normalized spacial score (nSPS) is 12.0. The lowest BCUT2D eigenvalue weighted by atomic mass is 10.1. The molecule has 240 valence electrons. The molecule has 0 saturated heterocycles. The highest BCUT2D eigenvalue weighted by Crippen LogP contribution is 2.17. The van der Waals surface area contributed by atoms with Gasteiger partial charge in [-0.3, -0.25) is 23.5 Å². The van der Waals surface area contributed by atoms with Crippen LogP contribution in [0.2, 0.25) is 0 Å². The molecule has 1 unspecified atom stereocenters. The van der Waals surface area contributed by atoms with Gasteiger partial charge in [-0.25, -0.2) is 9.78 Å². The highest BCUT2D eigenvalue weighted by Gasteiger charge is 2.22. The first-order valence-electron chi connectivity index (χ1n) is 15.5. The fourth-order valence-corrected chi connectivity index (χ4v) is 5.16. The summed E-state index contributed by atoms with van der Waals surface area (Å²) in [5.41, 5.74) is 2.45. The molecule has 0 radical (unpaired) electrons. The zero-order valence-corrected chi connectivity index (χ0v) is 25.9. The third-order valence-electron chi connectivity index (χ3n) is 7.64. The number of fused-ring (bicyclic) bond motifs is 1. The van der Waals surface area contributed by atoms with Gasteiger partial charge in [-0.1, -0.05) is 56.3 Å². The third kappa shape index (κ3) is 8.77. The van der Waals surface area contributed by atoms with Crippen LogP contribution in [0.5, 0.6) is 0 Å². The molecule has 0 saturated carbocycles. The fraction of sp³-hybridized carbons (Fsp3) is 0.424. The molecule has 2 aromatic heterocycles. The summed E-state index contributed by atoms with van der Waals surface area (Å²) in [5.74, 6) is -0.733. The molecule has 45 heavy (non-hydrogen) atoms. The topological polar surface area (TPSA) is 160 Å². The molecule has 4 rings (SSSR count). The van der Waals surface area contributed by atoms with Crippen LogP contribution in [0.3, 0.4) is 0 Å². The van der Waals surface area contributed by atoms with Gasteiger partial charge in [-0.05, 0) is 42.5 Å². The van der Waals surface area contributed by atoms with Crippen molar-refractivity contribution in [1.29, 1.82) is 0 Å². The van der Waals surface area contributed by atoms with E-state index >= 15 is 0 Å². The second-order valence-electron chi connectivity index (χ2n) is 11.1. The van der Waals surface area contributed by atoms with Gasteiger partial charge in [0.25, 0.3) is 5.56 Å². The number of amides is 1. The molecule has 4 N–H and O–H groups in total.